The molecule has 1 fully saturated rings. The standard InChI is InChI=1S/C24H28N4O9/c1-23(2,3)37-22(34)27-11-12-28(21(32)33)24(4,13-27)20-25-15(19(31)35-5)16(17(29)26-20)36-18(30)14-9-7-6-8-10-14/h6-10H,11-13H2,1-5H3,(H,32,33)(H,25,26,29). The van der Waals surface area contributed by atoms with Crippen molar-refractivity contribution in [3.8, 4) is 11.6 Å². The number of hydrogen-bond acceptors (Lipinski definition) is 10. The molecule has 1 unspecified atom stereocenters. The molecule has 2 N–H and O–H groups in total. The number of ether oxygens (including phenoxy) is 3. The minimum Gasteiger partial charge on any atom is -0.491 e. The van der Waals surface area contributed by atoms with Gasteiger partial charge in [0.15, 0.2) is 11.5 Å². The Kier molecular flexibility index (Phi) is 7.55. The van der Waals surface area contributed by atoms with Gasteiger partial charge in [-0.05, 0) is 39.8 Å². The molecule has 1 aromatic heterocycles. The van der Waals surface area contributed by atoms with Crippen LogP contribution in [0.5, 0.6) is 11.6 Å². The highest BCUT2D eigenvalue weighted by molar-refractivity contribution is 5.95. The lowest BCUT2D eigenvalue weighted by molar-refractivity contribution is -0.0192. The van der Waals surface area contributed by atoms with E-state index in [2.05, 4.69) is 9.97 Å². The fraction of sp³-hybridized carbons (Fsp3) is 0.417. The van der Waals surface area contributed by atoms with E-state index in [1.54, 1.807) is 39.0 Å². The molecule has 2 aromatic rings. The van der Waals surface area contributed by atoms with E-state index in [9.17, 15) is 29.4 Å². The van der Waals surface area contributed by atoms with Crippen LogP contribution in [0.4, 0.5) is 9.59 Å². The van der Waals surface area contributed by atoms with E-state index in [0.29, 0.717) is 0 Å². The number of methoxy groups -OCH3 is 1. The first kappa shape index (κ1) is 27.2. The van der Waals surface area contributed by atoms with Crippen molar-refractivity contribution in [2.24, 2.45) is 0 Å². The van der Waals surface area contributed by atoms with Gasteiger partial charge in [-0.15, -0.1) is 0 Å². The van der Waals surface area contributed by atoms with E-state index >= 15 is 0 Å². The quantitative estimate of drug-likeness (QED) is 0.573. The Balaban J connectivity index is 2.06. The number of esters is 2. The van der Waals surface area contributed by atoms with Gasteiger partial charge in [0.05, 0.1) is 19.2 Å². The zero-order valence-corrected chi connectivity index (χ0v) is 21.0. The predicted molar refractivity (Wildman–Crippen MR) is 126 cm³/mol. The summed E-state index contributed by atoms with van der Waals surface area (Å²) >= 11 is 0. The molecule has 1 aromatic carbocycles. The van der Waals surface area contributed by atoms with E-state index in [4.69, 9.17) is 14.2 Å². The summed E-state index contributed by atoms with van der Waals surface area (Å²) in [5.41, 5.74) is -2.89. The molecule has 198 valence electrons. The van der Waals surface area contributed by atoms with Crippen LogP contribution in [0.15, 0.2) is 30.3 Å². The Bertz CT molecular complexity index is 1210. The van der Waals surface area contributed by atoms with Crippen molar-refractivity contribution in [3.63, 3.8) is 0 Å². The Morgan fingerprint density at radius 3 is 2.24 bits per heavy atom. The first-order chi connectivity index (χ1) is 17.3. The zero-order valence-electron chi connectivity index (χ0n) is 21.0. The summed E-state index contributed by atoms with van der Waals surface area (Å²) in [6.07, 6.45) is -2.02. The van der Waals surface area contributed by atoms with Crippen LogP contribution < -0.4 is 4.74 Å². The molecule has 1 saturated heterocycles. The number of carbonyl (C=O) groups is 4. The molecule has 0 spiro atoms. The summed E-state index contributed by atoms with van der Waals surface area (Å²) in [4.78, 5) is 60.3. The average Bonchev–Trinajstić information content (AvgIpc) is 2.83. The monoisotopic (exact) mass is 516 g/mol. The Morgan fingerprint density at radius 2 is 1.68 bits per heavy atom. The SMILES string of the molecule is COC(=O)c1nc(C2(C)CN(C(=O)OC(C)(C)C)CCN2C(=O)O)nc(O)c1OC(=O)c1ccccc1. The lowest BCUT2D eigenvalue weighted by Crippen LogP contribution is -2.62. The predicted octanol–water partition coefficient (Wildman–Crippen LogP) is 2.63. The number of carbonyl (C=O) groups excluding carboxylic acids is 3. The molecule has 1 atom stereocenters. The van der Waals surface area contributed by atoms with Gasteiger partial charge in [0.25, 0.3) is 5.88 Å². The van der Waals surface area contributed by atoms with Crippen molar-refractivity contribution < 1.29 is 43.6 Å². The van der Waals surface area contributed by atoms with Gasteiger partial charge >= 0.3 is 24.1 Å². The first-order valence-electron chi connectivity index (χ1n) is 11.2. The van der Waals surface area contributed by atoms with Crippen LogP contribution >= 0.6 is 0 Å². The average molecular weight is 517 g/mol. The van der Waals surface area contributed by atoms with Crippen LogP contribution in [0.3, 0.4) is 0 Å². The largest absolute Gasteiger partial charge is 0.491 e. The van der Waals surface area contributed by atoms with Crippen molar-refractivity contribution in [1.29, 1.82) is 0 Å². The number of piperazine rings is 1. The number of aromatic nitrogens is 2. The molecule has 13 heteroatoms. The Morgan fingerprint density at radius 1 is 1.03 bits per heavy atom. The second-order valence-electron chi connectivity index (χ2n) is 9.41. The van der Waals surface area contributed by atoms with Crippen molar-refractivity contribution in [3.05, 3.63) is 47.4 Å². The van der Waals surface area contributed by atoms with Gasteiger partial charge in [-0.3, -0.25) is 4.90 Å². The van der Waals surface area contributed by atoms with Crippen LogP contribution in [-0.2, 0) is 15.0 Å². The third kappa shape index (κ3) is 5.88. The van der Waals surface area contributed by atoms with Gasteiger partial charge in [0, 0.05) is 13.1 Å². The van der Waals surface area contributed by atoms with E-state index in [-0.39, 0.29) is 31.0 Å². The molecule has 37 heavy (non-hydrogen) atoms. The summed E-state index contributed by atoms with van der Waals surface area (Å²) in [6, 6.07) is 7.80. The highest BCUT2D eigenvalue weighted by Gasteiger charge is 2.47. The number of rotatable bonds is 4. The maximum atomic E-state index is 12.7. The number of hydrogen-bond donors (Lipinski definition) is 2. The van der Waals surface area contributed by atoms with Crippen molar-refractivity contribution in [2.75, 3.05) is 26.7 Å². The van der Waals surface area contributed by atoms with E-state index < -0.39 is 52.6 Å². The van der Waals surface area contributed by atoms with Crippen LogP contribution in [0.1, 0.15) is 54.4 Å². The van der Waals surface area contributed by atoms with Gasteiger partial charge in [-0.25, -0.2) is 24.2 Å². The summed E-state index contributed by atoms with van der Waals surface area (Å²) in [6.45, 7) is 6.15. The van der Waals surface area contributed by atoms with E-state index in [1.165, 1.54) is 24.0 Å². The van der Waals surface area contributed by atoms with Crippen molar-refractivity contribution in [1.82, 2.24) is 19.8 Å². The molecule has 3 rings (SSSR count). The maximum absolute atomic E-state index is 12.7. The molecule has 0 saturated carbocycles. The number of nitrogens with zero attached hydrogens (tertiary/aromatic N) is 4. The fourth-order valence-corrected chi connectivity index (χ4v) is 3.72. The van der Waals surface area contributed by atoms with Gasteiger partial charge in [-0.1, -0.05) is 18.2 Å². The minimum absolute atomic E-state index is 0.0272. The normalized spacial score (nSPS) is 17.6. The Labute approximate surface area is 212 Å². The number of aromatic hydroxyl groups is 1. The molecule has 0 bridgehead atoms. The van der Waals surface area contributed by atoms with E-state index in [0.717, 1.165) is 12.0 Å². The van der Waals surface area contributed by atoms with Gasteiger partial charge in [0.1, 0.15) is 11.1 Å². The third-order valence-electron chi connectivity index (χ3n) is 5.48. The van der Waals surface area contributed by atoms with Crippen LogP contribution in [-0.4, -0.2) is 86.5 Å². The smallest absolute Gasteiger partial charge is 0.410 e. The third-order valence-corrected chi connectivity index (χ3v) is 5.48. The van der Waals surface area contributed by atoms with Gasteiger partial charge < -0.3 is 29.3 Å². The molecule has 0 aliphatic carbocycles. The van der Waals surface area contributed by atoms with Crippen LogP contribution in [0.2, 0.25) is 0 Å². The highest BCUT2D eigenvalue weighted by Crippen LogP contribution is 2.36. The summed E-state index contributed by atoms with van der Waals surface area (Å²) < 4.78 is 15.4. The molecule has 1 aliphatic rings. The van der Waals surface area contributed by atoms with E-state index in [1.807, 2.05) is 0 Å². The summed E-state index contributed by atoms with van der Waals surface area (Å²) in [5.74, 6) is -3.84. The van der Waals surface area contributed by atoms with Gasteiger partial charge in [-0.2, -0.15) is 4.98 Å². The second-order valence-corrected chi connectivity index (χ2v) is 9.41. The van der Waals surface area contributed by atoms with Crippen molar-refractivity contribution in [2.45, 2.75) is 38.8 Å². The number of amides is 2. The molecule has 1 aliphatic heterocycles. The Hall–Kier alpha value is -4.42. The summed E-state index contributed by atoms with van der Waals surface area (Å²) in [7, 11) is 1.06. The topological polar surface area (TPSA) is 169 Å². The highest BCUT2D eigenvalue weighted by atomic mass is 16.6. The fourth-order valence-electron chi connectivity index (χ4n) is 3.72. The van der Waals surface area contributed by atoms with Gasteiger partial charge in [0.2, 0.25) is 5.75 Å². The zero-order chi connectivity index (χ0) is 27.5. The van der Waals surface area contributed by atoms with Crippen LogP contribution in [0.25, 0.3) is 0 Å². The maximum Gasteiger partial charge on any atom is 0.410 e. The molecular weight excluding hydrogens is 488 g/mol. The number of carboxylic acid groups (broad SMARTS) is 1. The molecular formula is C24H28N4O9. The minimum atomic E-state index is -1.62. The summed E-state index contributed by atoms with van der Waals surface area (Å²) in [5, 5.41) is 20.6. The number of benzene rings is 1. The lowest BCUT2D eigenvalue weighted by Gasteiger charge is -2.46. The lowest BCUT2D eigenvalue weighted by atomic mass is 9.95. The van der Waals surface area contributed by atoms with Crippen LogP contribution in [0, 0.1) is 0 Å². The molecule has 13 nitrogen and oxygen atoms in total. The first-order valence-corrected chi connectivity index (χ1v) is 11.2. The molecule has 2 amide bonds. The molecule has 0 radical (unpaired) electrons. The van der Waals surface area contributed by atoms with Crippen molar-refractivity contribution >= 4 is 24.1 Å². The second kappa shape index (κ2) is 10.3. The molecule has 2 heterocycles.